The molecule has 4 atom stereocenters. The van der Waals surface area contributed by atoms with Crippen molar-refractivity contribution < 1.29 is 39.3 Å². The van der Waals surface area contributed by atoms with E-state index in [-0.39, 0.29) is 50.1 Å². The number of carboxylic acid groups (broad SMARTS) is 1. The molecule has 0 saturated carbocycles. The van der Waals surface area contributed by atoms with Gasteiger partial charge in [0.25, 0.3) is 0 Å². The van der Waals surface area contributed by atoms with Gasteiger partial charge in [-0.1, -0.05) is 24.3 Å². The molecular formula is C28H35N5O8. The number of carbonyl (C=O) groups excluding carboxylic acids is 4. The Bertz CT molecular complexity index is 1250. The summed E-state index contributed by atoms with van der Waals surface area (Å²) in [6, 6.07) is 7.41. The number of aliphatic carboxylic acids is 1. The largest absolute Gasteiger partial charge is 0.508 e. The second kappa shape index (κ2) is 14.1. The molecule has 13 heteroatoms. The SMILES string of the molecule is NC(=O)CC[C@H](N)C(=O)N[C@@H](Cc1ccc(O)cc1)C(=O)N[C@@H](Cc1ccc(O)cc1)C(=O)N1CCC[C@H]1C(=O)O. The number of nitrogens with one attached hydrogen (secondary N) is 2. The van der Waals surface area contributed by atoms with Crippen molar-refractivity contribution in [1.29, 1.82) is 0 Å². The van der Waals surface area contributed by atoms with Crippen molar-refractivity contribution in [3.63, 3.8) is 0 Å². The third kappa shape index (κ3) is 8.93. The van der Waals surface area contributed by atoms with Gasteiger partial charge in [-0.2, -0.15) is 0 Å². The van der Waals surface area contributed by atoms with Crippen LogP contribution in [0.4, 0.5) is 0 Å². The number of amides is 4. The fourth-order valence-corrected chi connectivity index (χ4v) is 4.61. The molecule has 0 aliphatic carbocycles. The Kier molecular flexibility index (Phi) is 10.6. The Morgan fingerprint density at radius 3 is 1.88 bits per heavy atom. The summed E-state index contributed by atoms with van der Waals surface area (Å²) in [6.45, 7) is 0.208. The third-order valence-corrected chi connectivity index (χ3v) is 6.86. The summed E-state index contributed by atoms with van der Waals surface area (Å²) >= 11 is 0. The summed E-state index contributed by atoms with van der Waals surface area (Å²) in [5.41, 5.74) is 12.2. The number of nitrogens with two attached hydrogens (primary N) is 2. The van der Waals surface area contributed by atoms with Gasteiger partial charge in [0.05, 0.1) is 6.04 Å². The Labute approximate surface area is 236 Å². The molecule has 9 N–H and O–H groups in total. The summed E-state index contributed by atoms with van der Waals surface area (Å²) in [6.07, 6.45) is 0.568. The summed E-state index contributed by atoms with van der Waals surface area (Å²) in [5, 5.41) is 34.1. The standard InChI is InChI=1S/C28H35N5O8/c29-20(11-12-24(30)36)25(37)31-21(14-16-3-7-18(34)8-4-16)26(38)32-22(15-17-5-9-19(35)10-6-17)27(39)33-13-1-2-23(33)28(40)41/h3-10,20-23,34-35H,1-2,11-15,29H2,(H2,30,36)(H,31,37)(H,32,38)(H,40,41)/t20-,21-,22-,23-/m0/s1. The van der Waals surface area contributed by atoms with Crippen molar-refractivity contribution in [2.24, 2.45) is 11.5 Å². The van der Waals surface area contributed by atoms with E-state index in [2.05, 4.69) is 10.6 Å². The monoisotopic (exact) mass is 569 g/mol. The van der Waals surface area contributed by atoms with Gasteiger partial charge in [0.15, 0.2) is 0 Å². The highest BCUT2D eigenvalue weighted by atomic mass is 16.4. The Hall–Kier alpha value is -4.65. The van der Waals surface area contributed by atoms with Crippen LogP contribution < -0.4 is 22.1 Å². The zero-order chi connectivity index (χ0) is 30.1. The first-order valence-corrected chi connectivity index (χ1v) is 13.2. The van der Waals surface area contributed by atoms with Gasteiger partial charge in [0, 0.05) is 25.8 Å². The molecule has 220 valence electrons. The number of phenolic OH excluding ortho intramolecular Hbond substituents is 2. The van der Waals surface area contributed by atoms with Crippen LogP contribution in [0.25, 0.3) is 0 Å². The number of benzene rings is 2. The maximum Gasteiger partial charge on any atom is 0.326 e. The van der Waals surface area contributed by atoms with E-state index in [0.717, 1.165) is 0 Å². The van der Waals surface area contributed by atoms with Crippen LogP contribution in [0.1, 0.15) is 36.8 Å². The molecule has 1 aliphatic heterocycles. The lowest BCUT2D eigenvalue weighted by Crippen LogP contribution is -2.58. The molecule has 2 aromatic rings. The van der Waals surface area contributed by atoms with Crippen LogP contribution in [-0.4, -0.2) is 80.5 Å². The van der Waals surface area contributed by atoms with Crippen molar-refractivity contribution in [2.45, 2.75) is 62.7 Å². The Morgan fingerprint density at radius 1 is 0.854 bits per heavy atom. The minimum Gasteiger partial charge on any atom is -0.508 e. The van der Waals surface area contributed by atoms with E-state index in [9.17, 15) is 39.3 Å². The highest BCUT2D eigenvalue weighted by Gasteiger charge is 2.38. The second-order valence-electron chi connectivity index (χ2n) is 10.0. The Balaban J connectivity index is 1.86. The molecule has 2 aromatic carbocycles. The van der Waals surface area contributed by atoms with E-state index in [1.165, 1.54) is 29.2 Å². The minimum absolute atomic E-state index is 0.00502. The van der Waals surface area contributed by atoms with Gasteiger partial charge in [0.1, 0.15) is 29.6 Å². The quantitative estimate of drug-likeness (QED) is 0.165. The summed E-state index contributed by atoms with van der Waals surface area (Å²) in [5.74, 6) is -3.80. The number of hydrogen-bond acceptors (Lipinski definition) is 8. The summed E-state index contributed by atoms with van der Waals surface area (Å²) in [7, 11) is 0. The van der Waals surface area contributed by atoms with Gasteiger partial charge >= 0.3 is 5.97 Å². The van der Waals surface area contributed by atoms with Gasteiger partial charge in [-0.05, 0) is 54.7 Å². The predicted octanol–water partition coefficient (Wildman–Crippen LogP) is -0.479. The molecule has 1 saturated heterocycles. The number of nitrogens with zero attached hydrogens (tertiary/aromatic N) is 1. The predicted molar refractivity (Wildman–Crippen MR) is 146 cm³/mol. The molecule has 0 bridgehead atoms. The van der Waals surface area contributed by atoms with Gasteiger partial charge < -0.3 is 42.3 Å². The van der Waals surface area contributed by atoms with Crippen LogP contribution in [0.3, 0.4) is 0 Å². The molecule has 0 aromatic heterocycles. The second-order valence-corrected chi connectivity index (χ2v) is 10.0. The number of carbonyl (C=O) groups is 5. The molecule has 1 fully saturated rings. The number of rotatable bonds is 13. The molecule has 1 aliphatic rings. The number of likely N-dealkylation sites (tertiary alicyclic amines) is 1. The molecular weight excluding hydrogens is 534 g/mol. The zero-order valence-corrected chi connectivity index (χ0v) is 22.4. The molecule has 0 spiro atoms. The first kappa shape index (κ1) is 30.9. The molecule has 1 heterocycles. The number of primary amides is 1. The molecule has 13 nitrogen and oxygen atoms in total. The van der Waals surface area contributed by atoms with Crippen LogP contribution in [0, 0.1) is 0 Å². The summed E-state index contributed by atoms with van der Waals surface area (Å²) in [4.78, 5) is 64.1. The van der Waals surface area contributed by atoms with Crippen molar-refractivity contribution in [3.8, 4) is 11.5 Å². The average molecular weight is 570 g/mol. The zero-order valence-electron chi connectivity index (χ0n) is 22.4. The topological polar surface area (TPSA) is 225 Å². The maximum atomic E-state index is 13.6. The van der Waals surface area contributed by atoms with Gasteiger partial charge in [-0.15, -0.1) is 0 Å². The van der Waals surface area contributed by atoms with E-state index < -0.39 is 53.8 Å². The first-order chi connectivity index (χ1) is 19.4. The van der Waals surface area contributed by atoms with Crippen molar-refractivity contribution >= 4 is 29.6 Å². The van der Waals surface area contributed by atoms with Crippen LogP contribution in [-0.2, 0) is 36.8 Å². The van der Waals surface area contributed by atoms with Crippen molar-refractivity contribution in [3.05, 3.63) is 59.7 Å². The van der Waals surface area contributed by atoms with Gasteiger partial charge in [-0.3, -0.25) is 19.2 Å². The van der Waals surface area contributed by atoms with E-state index in [1.807, 2.05) is 0 Å². The third-order valence-electron chi connectivity index (χ3n) is 6.86. The lowest BCUT2D eigenvalue weighted by atomic mass is 10.0. The van der Waals surface area contributed by atoms with Crippen LogP contribution in [0.5, 0.6) is 11.5 Å². The van der Waals surface area contributed by atoms with E-state index in [1.54, 1.807) is 24.3 Å². The maximum absolute atomic E-state index is 13.6. The molecule has 41 heavy (non-hydrogen) atoms. The van der Waals surface area contributed by atoms with E-state index >= 15 is 0 Å². The number of carboxylic acids is 1. The molecule has 4 amide bonds. The van der Waals surface area contributed by atoms with E-state index in [4.69, 9.17) is 11.5 Å². The number of hydrogen-bond donors (Lipinski definition) is 7. The van der Waals surface area contributed by atoms with Crippen molar-refractivity contribution in [2.75, 3.05) is 6.54 Å². The summed E-state index contributed by atoms with van der Waals surface area (Å²) < 4.78 is 0. The highest BCUT2D eigenvalue weighted by molar-refractivity contribution is 5.94. The minimum atomic E-state index is -1.21. The number of aromatic hydroxyl groups is 2. The molecule has 0 unspecified atom stereocenters. The van der Waals surface area contributed by atoms with Crippen LogP contribution in [0.15, 0.2) is 48.5 Å². The Morgan fingerprint density at radius 2 is 1.37 bits per heavy atom. The fraction of sp³-hybridized carbons (Fsp3) is 0.393. The number of phenols is 2. The normalized spacial score (nSPS) is 16.8. The van der Waals surface area contributed by atoms with Crippen LogP contribution in [0.2, 0.25) is 0 Å². The van der Waals surface area contributed by atoms with Gasteiger partial charge in [0.2, 0.25) is 23.6 Å². The lowest BCUT2D eigenvalue weighted by molar-refractivity contribution is -0.149. The van der Waals surface area contributed by atoms with Gasteiger partial charge in [-0.25, -0.2) is 4.79 Å². The average Bonchev–Trinajstić information content (AvgIpc) is 3.43. The first-order valence-electron chi connectivity index (χ1n) is 13.2. The molecule has 0 radical (unpaired) electrons. The molecule has 3 rings (SSSR count). The fourth-order valence-electron chi connectivity index (χ4n) is 4.61. The lowest BCUT2D eigenvalue weighted by Gasteiger charge is -2.29. The van der Waals surface area contributed by atoms with E-state index in [0.29, 0.717) is 17.5 Å². The highest BCUT2D eigenvalue weighted by Crippen LogP contribution is 2.21. The van der Waals surface area contributed by atoms with Crippen LogP contribution >= 0.6 is 0 Å². The smallest absolute Gasteiger partial charge is 0.326 e. The van der Waals surface area contributed by atoms with Crippen molar-refractivity contribution in [1.82, 2.24) is 15.5 Å².